The van der Waals surface area contributed by atoms with Crippen LogP contribution in [0.25, 0.3) is 0 Å². The molecule has 1 atom stereocenters. The second-order valence-corrected chi connectivity index (χ2v) is 3.49. The van der Waals surface area contributed by atoms with Gasteiger partial charge in [-0.15, -0.1) is 0 Å². The lowest BCUT2D eigenvalue weighted by Crippen LogP contribution is -2.22. The summed E-state index contributed by atoms with van der Waals surface area (Å²) in [5.41, 5.74) is 6.01. The quantitative estimate of drug-likeness (QED) is 0.755. The minimum Gasteiger partial charge on any atom is -0.391 e. The topological polar surface area (TPSA) is 59.1 Å². The van der Waals surface area contributed by atoms with Crippen molar-refractivity contribution in [3.05, 3.63) is 28.0 Å². The highest BCUT2D eigenvalue weighted by molar-refractivity contribution is 6.34. The minimum atomic E-state index is -0.583. The van der Waals surface area contributed by atoms with E-state index in [4.69, 9.17) is 28.9 Å². The fraction of sp³-hybridized carbons (Fsp3) is 0.375. The Morgan fingerprint density at radius 3 is 2.77 bits per heavy atom. The Balaban J connectivity index is 2.77. The lowest BCUT2D eigenvalue weighted by Gasteiger charge is -2.08. The number of nitrogens with two attached hydrogens (primary N) is 1. The van der Waals surface area contributed by atoms with Crippen molar-refractivity contribution in [1.82, 2.24) is 4.98 Å². The summed E-state index contributed by atoms with van der Waals surface area (Å²) in [7, 11) is 0. The molecule has 13 heavy (non-hydrogen) atoms. The zero-order valence-electron chi connectivity index (χ0n) is 6.87. The number of aromatic nitrogens is 1. The fourth-order valence-corrected chi connectivity index (χ4v) is 1.37. The van der Waals surface area contributed by atoms with Crippen molar-refractivity contribution >= 4 is 23.2 Å². The van der Waals surface area contributed by atoms with Crippen molar-refractivity contribution in [2.75, 3.05) is 6.54 Å². The van der Waals surface area contributed by atoms with E-state index in [0.29, 0.717) is 16.6 Å². The summed E-state index contributed by atoms with van der Waals surface area (Å²) < 4.78 is 0. The van der Waals surface area contributed by atoms with Gasteiger partial charge in [-0.1, -0.05) is 23.2 Å². The highest BCUT2D eigenvalue weighted by Gasteiger charge is 2.07. The van der Waals surface area contributed by atoms with E-state index in [0.717, 1.165) is 5.56 Å². The summed E-state index contributed by atoms with van der Waals surface area (Å²) in [6.07, 6.45) is 1.36. The second-order valence-electron chi connectivity index (χ2n) is 2.69. The van der Waals surface area contributed by atoms with Crippen molar-refractivity contribution < 1.29 is 5.11 Å². The molecule has 0 aliphatic carbocycles. The van der Waals surface area contributed by atoms with Crippen LogP contribution < -0.4 is 5.73 Å². The molecule has 0 aliphatic rings. The maximum atomic E-state index is 9.26. The van der Waals surface area contributed by atoms with Gasteiger partial charge in [0, 0.05) is 24.2 Å². The van der Waals surface area contributed by atoms with E-state index in [-0.39, 0.29) is 6.54 Å². The molecule has 1 rings (SSSR count). The summed E-state index contributed by atoms with van der Waals surface area (Å²) in [6.45, 7) is 0.207. The van der Waals surface area contributed by atoms with Crippen LogP contribution in [0.5, 0.6) is 0 Å². The standard InChI is InChI=1S/C8H10Cl2N2O/c9-7-2-8(10)12-4-5(7)1-6(13)3-11/h2,4,6,13H,1,3,11H2. The first-order valence-electron chi connectivity index (χ1n) is 3.81. The first kappa shape index (κ1) is 10.7. The van der Waals surface area contributed by atoms with E-state index < -0.39 is 6.10 Å². The molecule has 0 saturated carbocycles. The molecule has 1 heterocycles. The van der Waals surface area contributed by atoms with E-state index in [1.54, 1.807) is 12.3 Å². The number of nitrogens with zero attached hydrogens (tertiary/aromatic N) is 1. The lowest BCUT2D eigenvalue weighted by molar-refractivity contribution is 0.183. The molecule has 3 N–H and O–H groups in total. The summed E-state index contributed by atoms with van der Waals surface area (Å²) in [6, 6.07) is 1.54. The Kier molecular flexibility index (Phi) is 3.93. The van der Waals surface area contributed by atoms with Gasteiger partial charge in [-0.05, 0) is 11.6 Å². The number of hydrogen-bond acceptors (Lipinski definition) is 3. The number of aliphatic hydroxyl groups is 1. The molecule has 0 saturated heterocycles. The minimum absolute atomic E-state index is 0.207. The SMILES string of the molecule is NCC(O)Cc1cnc(Cl)cc1Cl. The van der Waals surface area contributed by atoms with Crippen molar-refractivity contribution in [2.24, 2.45) is 5.73 Å². The third kappa shape index (κ3) is 3.12. The van der Waals surface area contributed by atoms with Gasteiger partial charge in [-0.2, -0.15) is 0 Å². The van der Waals surface area contributed by atoms with Crippen molar-refractivity contribution in [3.63, 3.8) is 0 Å². The highest BCUT2D eigenvalue weighted by atomic mass is 35.5. The second kappa shape index (κ2) is 4.77. The van der Waals surface area contributed by atoms with Crippen molar-refractivity contribution in [2.45, 2.75) is 12.5 Å². The Bertz CT molecular complexity index is 293. The van der Waals surface area contributed by atoms with E-state index in [1.807, 2.05) is 0 Å². The average Bonchev–Trinajstić information content (AvgIpc) is 2.09. The molecule has 0 amide bonds. The van der Waals surface area contributed by atoms with Crippen molar-refractivity contribution in [3.8, 4) is 0 Å². The van der Waals surface area contributed by atoms with Crippen LogP contribution in [-0.4, -0.2) is 22.7 Å². The first-order valence-corrected chi connectivity index (χ1v) is 4.57. The molecule has 0 radical (unpaired) electrons. The predicted molar refractivity (Wildman–Crippen MR) is 53.0 cm³/mol. The number of hydrogen-bond donors (Lipinski definition) is 2. The monoisotopic (exact) mass is 220 g/mol. The molecule has 0 spiro atoms. The smallest absolute Gasteiger partial charge is 0.130 e. The molecular weight excluding hydrogens is 211 g/mol. The number of rotatable bonds is 3. The maximum absolute atomic E-state index is 9.26. The summed E-state index contributed by atoms with van der Waals surface area (Å²) in [5, 5.41) is 10.1. The molecule has 1 unspecified atom stereocenters. The predicted octanol–water partition coefficient (Wildman–Crippen LogP) is 1.25. The summed E-state index contributed by atoms with van der Waals surface area (Å²) in [5.74, 6) is 0. The first-order chi connectivity index (χ1) is 6.13. The van der Waals surface area contributed by atoms with E-state index >= 15 is 0 Å². The van der Waals surface area contributed by atoms with Gasteiger partial charge in [-0.25, -0.2) is 4.98 Å². The van der Waals surface area contributed by atoms with Gasteiger partial charge in [0.1, 0.15) is 5.15 Å². The summed E-state index contributed by atoms with van der Waals surface area (Å²) >= 11 is 11.5. The van der Waals surface area contributed by atoms with Gasteiger partial charge in [0.05, 0.1) is 6.10 Å². The van der Waals surface area contributed by atoms with E-state index in [1.165, 1.54) is 0 Å². The Morgan fingerprint density at radius 1 is 1.54 bits per heavy atom. The molecule has 1 aromatic heterocycles. The molecule has 0 bridgehead atoms. The van der Waals surface area contributed by atoms with Crippen LogP contribution in [0.1, 0.15) is 5.56 Å². The van der Waals surface area contributed by atoms with Gasteiger partial charge in [0.25, 0.3) is 0 Å². The highest BCUT2D eigenvalue weighted by Crippen LogP contribution is 2.19. The number of aliphatic hydroxyl groups excluding tert-OH is 1. The van der Waals surface area contributed by atoms with E-state index in [2.05, 4.69) is 4.98 Å². The maximum Gasteiger partial charge on any atom is 0.130 e. The largest absolute Gasteiger partial charge is 0.391 e. The molecule has 0 fully saturated rings. The molecule has 3 nitrogen and oxygen atoms in total. The molecule has 72 valence electrons. The van der Waals surface area contributed by atoms with Gasteiger partial charge < -0.3 is 10.8 Å². The van der Waals surface area contributed by atoms with E-state index in [9.17, 15) is 5.11 Å². The Labute approximate surface area is 86.5 Å². The zero-order valence-corrected chi connectivity index (χ0v) is 8.39. The number of pyridine rings is 1. The average molecular weight is 221 g/mol. The molecule has 0 aromatic carbocycles. The van der Waals surface area contributed by atoms with Crippen molar-refractivity contribution in [1.29, 1.82) is 0 Å². The van der Waals surface area contributed by atoms with Crippen LogP contribution in [0.4, 0.5) is 0 Å². The molecule has 5 heteroatoms. The van der Waals surface area contributed by atoms with Crippen LogP contribution in [0.3, 0.4) is 0 Å². The lowest BCUT2D eigenvalue weighted by atomic mass is 10.1. The van der Waals surface area contributed by atoms with Crippen LogP contribution in [0.2, 0.25) is 10.2 Å². The number of halogens is 2. The third-order valence-corrected chi connectivity index (χ3v) is 2.18. The van der Waals surface area contributed by atoms with Crippen LogP contribution >= 0.6 is 23.2 Å². The molecular formula is C8H10Cl2N2O. The van der Waals surface area contributed by atoms with Gasteiger partial charge >= 0.3 is 0 Å². The normalized spacial score (nSPS) is 12.9. The van der Waals surface area contributed by atoms with Crippen LogP contribution in [0, 0.1) is 0 Å². The fourth-order valence-electron chi connectivity index (χ4n) is 0.923. The summed E-state index contributed by atoms with van der Waals surface area (Å²) in [4.78, 5) is 3.86. The van der Waals surface area contributed by atoms with Crippen LogP contribution in [-0.2, 0) is 6.42 Å². The van der Waals surface area contributed by atoms with Gasteiger partial charge in [-0.3, -0.25) is 0 Å². The Morgan fingerprint density at radius 2 is 2.23 bits per heavy atom. The van der Waals surface area contributed by atoms with Gasteiger partial charge in [0.2, 0.25) is 0 Å². The van der Waals surface area contributed by atoms with Crippen LogP contribution in [0.15, 0.2) is 12.3 Å². The Hall–Kier alpha value is -0.350. The van der Waals surface area contributed by atoms with Gasteiger partial charge in [0.15, 0.2) is 0 Å². The zero-order chi connectivity index (χ0) is 9.84. The molecule has 1 aromatic rings. The third-order valence-electron chi connectivity index (χ3n) is 1.62. The molecule has 0 aliphatic heterocycles.